The Labute approximate surface area is 176 Å². The molecule has 11 heteroatoms. The van der Waals surface area contributed by atoms with Gasteiger partial charge in [-0.2, -0.15) is 13.2 Å². The molecule has 1 aliphatic carbocycles. The number of carboxylic acid groups (broad SMARTS) is 1. The maximum Gasteiger partial charge on any atom is 0.490 e. The summed E-state index contributed by atoms with van der Waals surface area (Å²) in [6.07, 6.45) is 1.57. The van der Waals surface area contributed by atoms with Crippen LogP contribution >= 0.6 is 11.3 Å². The quantitative estimate of drug-likeness (QED) is 0.733. The third-order valence-electron chi connectivity index (χ3n) is 4.85. The molecule has 0 amide bonds. The van der Waals surface area contributed by atoms with Gasteiger partial charge < -0.3 is 14.4 Å². The molecule has 1 unspecified atom stereocenters. The maximum absolute atomic E-state index is 10.6. The van der Waals surface area contributed by atoms with Crippen LogP contribution in [0.2, 0.25) is 0 Å². The number of nitrogens with zero attached hydrogens (tertiary/aromatic N) is 4. The SMILES string of the molecule is Cc1nc(CN2Cc3cncn3CC(COCC3CC3)C2)cs1.O=C(O)C(F)(F)F. The fourth-order valence-corrected chi connectivity index (χ4v) is 3.86. The van der Waals surface area contributed by atoms with E-state index >= 15 is 0 Å². The lowest BCUT2D eigenvalue weighted by Gasteiger charge is -2.23. The Kier molecular flexibility index (Phi) is 7.48. The van der Waals surface area contributed by atoms with Gasteiger partial charge in [0.25, 0.3) is 0 Å². The number of carbonyl (C=O) groups is 1. The summed E-state index contributed by atoms with van der Waals surface area (Å²) in [6, 6.07) is 0. The summed E-state index contributed by atoms with van der Waals surface area (Å²) in [5.41, 5.74) is 2.47. The number of rotatable bonds is 6. The standard InChI is InChI=1S/C17H24N4OS.C2HF3O2/c1-13-19-16(11-23-13)7-20-5-15(10-22-9-14-2-3-14)6-21-12-18-4-17(21)8-20;3-2(4,5)1(6)7/h4,11-12,14-15H,2-3,5-10H2,1H3;(H,6,7). The molecule has 1 saturated carbocycles. The first-order valence-corrected chi connectivity index (χ1v) is 10.6. The predicted molar refractivity (Wildman–Crippen MR) is 104 cm³/mol. The number of aromatic nitrogens is 3. The average Bonchev–Trinajstić information content (AvgIpc) is 3.29. The maximum atomic E-state index is 10.6. The van der Waals surface area contributed by atoms with Crippen molar-refractivity contribution in [1.82, 2.24) is 19.4 Å². The van der Waals surface area contributed by atoms with Crippen LogP contribution in [0.1, 0.15) is 29.2 Å². The lowest BCUT2D eigenvalue weighted by molar-refractivity contribution is -0.192. The Morgan fingerprint density at radius 2 is 2.00 bits per heavy atom. The number of fused-ring (bicyclic) bond motifs is 1. The second-order valence-corrected chi connectivity index (χ2v) is 8.78. The van der Waals surface area contributed by atoms with Crippen LogP contribution in [0.25, 0.3) is 0 Å². The third-order valence-corrected chi connectivity index (χ3v) is 5.68. The van der Waals surface area contributed by atoms with Gasteiger partial charge in [-0.25, -0.2) is 14.8 Å². The van der Waals surface area contributed by atoms with Crippen LogP contribution in [0.5, 0.6) is 0 Å². The van der Waals surface area contributed by atoms with E-state index in [1.165, 1.54) is 24.2 Å². The van der Waals surface area contributed by atoms with Gasteiger partial charge in [-0.15, -0.1) is 11.3 Å². The number of aryl methyl sites for hydroxylation is 1. The van der Waals surface area contributed by atoms with Gasteiger partial charge in [-0.05, 0) is 25.7 Å². The molecular weight excluding hydrogens is 421 g/mol. The molecule has 3 heterocycles. The number of thiazole rings is 1. The number of aliphatic carboxylic acids is 1. The van der Waals surface area contributed by atoms with Crippen molar-refractivity contribution in [2.24, 2.45) is 11.8 Å². The van der Waals surface area contributed by atoms with Crippen LogP contribution in [-0.4, -0.2) is 56.4 Å². The second-order valence-electron chi connectivity index (χ2n) is 7.71. The Morgan fingerprint density at radius 3 is 2.60 bits per heavy atom. The van der Waals surface area contributed by atoms with Crippen LogP contribution in [0.4, 0.5) is 13.2 Å². The molecule has 1 aliphatic heterocycles. The predicted octanol–water partition coefficient (Wildman–Crippen LogP) is 3.34. The van der Waals surface area contributed by atoms with Crippen LogP contribution in [0.15, 0.2) is 17.9 Å². The summed E-state index contributed by atoms with van der Waals surface area (Å²) in [6.45, 7) is 7.78. The minimum absolute atomic E-state index is 0.518. The van der Waals surface area contributed by atoms with E-state index in [-0.39, 0.29) is 0 Å². The van der Waals surface area contributed by atoms with Crippen LogP contribution in [0.3, 0.4) is 0 Å². The number of hydrogen-bond acceptors (Lipinski definition) is 6. The smallest absolute Gasteiger partial charge is 0.475 e. The molecule has 0 radical (unpaired) electrons. The lowest BCUT2D eigenvalue weighted by Crippen LogP contribution is -2.30. The summed E-state index contributed by atoms with van der Waals surface area (Å²) >= 11 is 1.73. The number of ether oxygens (including phenoxy) is 1. The summed E-state index contributed by atoms with van der Waals surface area (Å²) in [7, 11) is 0. The van der Waals surface area contributed by atoms with Gasteiger partial charge in [0.15, 0.2) is 0 Å². The van der Waals surface area contributed by atoms with Gasteiger partial charge in [0, 0.05) is 50.3 Å². The molecule has 30 heavy (non-hydrogen) atoms. The molecule has 1 fully saturated rings. The minimum atomic E-state index is -5.08. The van der Waals surface area contributed by atoms with Crippen molar-refractivity contribution in [2.75, 3.05) is 19.8 Å². The minimum Gasteiger partial charge on any atom is -0.475 e. The highest BCUT2D eigenvalue weighted by Gasteiger charge is 2.38. The molecule has 1 N–H and O–H groups in total. The molecule has 166 valence electrons. The van der Waals surface area contributed by atoms with Crippen molar-refractivity contribution in [1.29, 1.82) is 0 Å². The normalized spacial score (nSPS) is 19.5. The van der Waals surface area contributed by atoms with E-state index in [0.29, 0.717) is 5.92 Å². The van der Waals surface area contributed by atoms with E-state index in [0.717, 1.165) is 50.3 Å². The first-order valence-electron chi connectivity index (χ1n) is 9.71. The van der Waals surface area contributed by atoms with Gasteiger partial charge >= 0.3 is 12.1 Å². The van der Waals surface area contributed by atoms with Crippen LogP contribution in [0, 0.1) is 18.8 Å². The van der Waals surface area contributed by atoms with Gasteiger partial charge in [-0.3, -0.25) is 4.90 Å². The molecule has 2 aromatic rings. The topological polar surface area (TPSA) is 80.5 Å². The van der Waals surface area contributed by atoms with Crippen molar-refractivity contribution in [3.05, 3.63) is 34.3 Å². The summed E-state index contributed by atoms with van der Waals surface area (Å²) < 4.78 is 40.0. The Balaban J connectivity index is 0.000000318. The number of hydrogen-bond donors (Lipinski definition) is 1. The van der Waals surface area contributed by atoms with Gasteiger partial charge in [0.05, 0.1) is 29.3 Å². The fraction of sp³-hybridized carbons (Fsp3) is 0.632. The van der Waals surface area contributed by atoms with E-state index in [1.807, 2.05) is 12.5 Å². The van der Waals surface area contributed by atoms with Crippen LogP contribution < -0.4 is 0 Å². The monoisotopic (exact) mass is 446 g/mol. The number of carboxylic acids is 1. The van der Waals surface area contributed by atoms with Crippen molar-refractivity contribution in [2.45, 2.75) is 45.6 Å². The number of halogens is 3. The molecule has 7 nitrogen and oxygen atoms in total. The zero-order chi connectivity index (χ0) is 21.7. The summed E-state index contributed by atoms with van der Waals surface area (Å²) in [4.78, 5) is 20.3. The van der Waals surface area contributed by atoms with E-state index < -0.39 is 12.1 Å². The number of imidazole rings is 1. The Hall–Kier alpha value is -1.98. The Morgan fingerprint density at radius 1 is 1.30 bits per heavy atom. The summed E-state index contributed by atoms with van der Waals surface area (Å²) in [5.74, 6) is -1.41. The highest BCUT2D eigenvalue weighted by Crippen LogP contribution is 2.29. The molecule has 0 spiro atoms. The molecule has 4 rings (SSSR count). The van der Waals surface area contributed by atoms with Crippen molar-refractivity contribution < 1.29 is 27.8 Å². The zero-order valence-corrected chi connectivity index (χ0v) is 17.5. The Bertz CT molecular complexity index is 835. The van der Waals surface area contributed by atoms with E-state index in [9.17, 15) is 13.2 Å². The van der Waals surface area contributed by atoms with Crippen molar-refractivity contribution >= 4 is 17.3 Å². The fourth-order valence-electron chi connectivity index (χ4n) is 3.26. The molecule has 2 aliphatic rings. The second kappa shape index (κ2) is 9.88. The lowest BCUT2D eigenvalue weighted by atomic mass is 10.1. The van der Waals surface area contributed by atoms with E-state index in [2.05, 4.69) is 31.7 Å². The molecule has 1 atom stereocenters. The van der Waals surface area contributed by atoms with E-state index in [1.54, 1.807) is 11.3 Å². The zero-order valence-electron chi connectivity index (χ0n) is 16.6. The van der Waals surface area contributed by atoms with Crippen LogP contribution in [-0.2, 0) is 29.2 Å². The molecule has 0 bridgehead atoms. The largest absolute Gasteiger partial charge is 0.490 e. The van der Waals surface area contributed by atoms with E-state index in [4.69, 9.17) is 14.6 Å². The molecule has 0 aromatic carbocycles. The summed E-state index contributed by atoms with van der Waals surface area (Å²) in [5, 5.41) is 10.4. The van der Waals surface area contributed by atoms with Gasteiger partial charge in [0.2, 0.25) is 0 Å². The van der Waals surface area contributed by atoms with Gasteiger partial charge in [0.1, 0.15) is 0 Å². The first kappa shape index (κ1) is 22.7. The van der Waals surface area contributed by atoms with Gasteiger partial charge in [-0.1, -0.05) is 0 Å². The number of alkyl halides is 3. The molecule has 2 aromatic heterocycles. The highest BCUT2D eigenvalue weighted by atomic mass is 32.1. The van der Waals surface area contributed by atoms with Crippen molar-refractivity contribution in [3.63, 3.8) is 0 Å². The third kappa shape index (κ3) is 7.06. The highest BCUT2D eigenvalue weighted by molar-refractivity contribution is 7.09. The van der Waals surface area contributed by atoms with Crippen molar-refractivity contribution in [3.8, 4) is 0 Å². The molecular formula is C19H25F3N4O3S. The molecule has 0 saturated heterocycles. The average molecular weight is 446 g/mol. The first-order chi connectivity index (χ1) is 14.2.